The summed E-state index contributed by atoms with van der Waals surface area (Å²) in [5.41, 5.74) is 23.6. The molecule has 454 valence electrons. The molecule has 0 atom stereocenters. The largest absolute Gasteiger partial charge is 0.455 e. The second-order valence-electron chi connectivity index (χ2n) is 26.2. The first-order valence-corrected chi connectivity index (χ1v) is 34.3. The van der Waals surface area contributed by atoms with Crippen LogP contribution in [0.2, 0.25) is 0 Å². The first-order chi connectivity index (χ1) is 48.6. The fourth-order valence-electron chi connectivity index (χ4n) is 16.5. The molecule has 0 unspecified atom stereocenters. The fourth-order valence-corrected chi connectivity index (χ4v) is 17.7. The minimum Gasteiger partial charge on any atom is -0.455 e. The highest BCUT2D eigenvalue weighted by Crippen LogP contribution is 2.46. The van der Waals surface area contributed by atoms with Gasteiger partial charge >= 0.3 is 0 Å². The van der Waals surface area contributed by atoms with Crippen LogP contribution in [-0.2, 0) is 0 Å². The summed E-state index contributed by atoms with van der Waals surface area (Å²) in [6.45, 7) is 0. The third-order valence-corrected chi connectivity index (χ3v) is 22.2. The highest BCUT2D eigenvalue weighted by atomic mass is 32.1. The molecule has 0 saturated heterocycles. The first kappa shape index (κ1) is 53.5. The smallest absolute Gasteiger partial charge is 0.143 e. The van der Waals surface area contributed by atoms with Crippen molar-refractivity contribution in [1.29, 1.82) is 0 Å². The van der Waals surface area contributed by atoms with Crippen molar-refractivity contribution in [3.63, 3.8) is 0 Å². The monoisotopic (exact) mass is 1260 g/mol. The van der Waals surface area contributed by atoms with Crippen LogP contribution in [0.3, 0.4) is 0 Å². The fraction of sp³-hybridized carbons (Fsp3) is 0. The van der Waals surface area contributed by atoms with E-state index in [0.717, 1.165) is 88.8 Å². The number of aromatic nitrogens is 5. The molecule has 0 aliphatic heterocycles. The molecule has 0 fully saturated rings. The Morgan fingerprint density at radius 1 is 0.255 bits per heavy atom. The van der Waals surface area contributed by atoms with E-state index in [9.17, 15) is 0 Å². The molecule has 15 aromatic carbocycles. The average Bonchev–Trinajstić information content (AvgIpc) is 1.58. The molecule has 0 aliphatic rings. The van der Waals surface area contributed by atoms with Crippen LogP contribution in [0.4, 0.5) is 0 Å². The summed E-state index contributed by atoms with van der Waals surface area (Å²) in [5.74, 6) is 0. The van der Waals surface area contributed by atoms with Crippen molar-refractivity contribution < 1.29 is 4.42 Å². The van der Waals surface area contributed by atoms with Gasteiger partial charge in [0.2, 0.25) is 0 Å². The molecule has 0 amide bonds. The van der Waals surface area contributed by atoms with Crippen molar-refractivity contribution in [2.24, 2.45) is 0 Å². The highest BCUT2D eigenvalue weighted by molar-refractivity contribution is 7.26. The minimum absolute atomic E-state index is 0.906. The number of furan rings is 1. The van der Waals surface area contributed by atoms with Gasteiger partial charge in [-0.2, -0.15) is 0 Å². The molecule has 98 heavy (non-hydrogen) atoms. The number of hydrogen-bond acceptors (Lipinski definition) is 3. The van der Waals surface area contributed by atoms with E-state index in [1.165, 1.54) is 118 Å². The van der Waals surface area contributed by atoms with Crippen LogP contribution in [-0.4, -0.2) is 23.3 Å². The summed E-state index contributed by atoms with van der Waals surface area (Å²) in [4.78, 5) is 5.11. The van der Waals surface area contributed by atoms with Gasteiger partial charge in [0.25, 0.3) is 0 Å². The molecule has 6 nitrogen and oxygen atoms in total. The lowest BCUT2D eigenvalue weighted by Crippen LogP contribution is -1.96. The summed E-state index contributed by atoms with van der Waals surface area (Å²) in [5, 5.41) is 18.1. The number of nitrogens with zero attached hydrogens (tertiary/aromatic N) is 5. The normalized spacial score (nSPS) is 12.3. The zero-order chi connectivity index (χ0) is 63.8. The van der Waals surface area contributed by atoms with Gasteiger partial charge in [-0.3, -0.25) is 4.98 Å². The zero-order valence-corrected chi connectivity index (χ0v) is 53.5. The predicted molar refractivity (Wildman–Crippen MR) is 413 cm³/mol. The lowest BCUT2D eigenvalue weighted by molar-refractivity contribution is 0.670. The topological polar surface area (TPSA) is 45.8 Å². The van der Waals surface area contributed by atoms with Crippen molar-refractivity contribution in [1.82, 2.24) is 23.3 Å². The number of rotatable bonds is 7. The molecule has 22 rings (SSSR count). The van der Waals surface area contributed by atoms with Crippen LogP contribution in [0.1, 0.15) is 0 Å². The maximum absolute atomic E-state index is 6.51. The summed E-state index contributed by atoms with van der Waals surface area (Å²) in [7, 11) is 0. The quantitative estimate of drug-likeness (QED) is 0.160. The Balaban J connectivity index is 0.607. The van der Waals surface area contributed by atoms with Gasteiger partial charge in [0.15, 0.2) is 0 Å². The molecule has 0 radical (unpaired) electrons. The molecule has 0 N–H and O–H groups in total. The molecule has 0 aliphatic carbocycles. The zero-order valence-electron chi connectivity index (χ0n) is 52.7. The lowest BCUT2D eigenvalue weighted by atomic mass is 9.98. The molecule has 7 aromatic heterocycles. The van der Waals surface area contributed by atoms with E-state index in [2.05, 4.69) is 328 Å². The van der Waals surface area contributed by atoms with Crippen LogP contribution >= 0.6 is 11.3 Å². The van der Waals surface area contributed by atoms with Gasteiger partial charge in [-0.25, -0.2) is 0 Å². The summed E-state index contributed by atoms with van der Waals surface area (Å²) < 4.78 is 18.7. The Morgan fingerprint density at radius 3 is 1.34 bits per heavy atom. The van der Waals surface area contributed by atoms with E-state index < -0.39 is 0 Å². The maximum Gasteiger partial charge on any atom is 0.143 e. The number of hydrogen-bond donors (Lipinski definition) is 0. The number of benzene rings is 15. The van der Waals surface area contributed by atoms with E-state index in [4.69, 9.17) is 9.40 Å². The van der Waals surface area contributed by atoms with E-state index in [0.29, 0.717) is 0 Å². The Labute approximate surface area is 564 Å². The Kier molecular flexibility index (Phi) is 11.1. The van der Waals surface area contributed by atoms with Gasteiger partial charge in [-0.05, 0) is 172 Å². The number of thiophene rings is 1. The number of para-hydroxylation sites is 7. The Bertz CT molecular complexity index is 7150. The highest BCUT2D eigenvalue weighted by Gasteiger charge is 2.22. The van der Waals surface area contributed by atoms with E-state index in [1.807, 2.05) is 23.6 Å². The van der Waals surface area contributed by atoms with Crippen LogP contribution in [0.25, 0.3) is 207 Å². The molecule has 7 heteroatoms. The minimum atomic E-state index is 0.906. The van der Waals surface area contributed by atoms with E-state index in [-0.39, 0.29) is 0 Å². The summed E-state index contributed by atoms with van der Waals surface area (Å²) in [6.07, 6.45) is 2.03. The molecular weight excluding hydrogens is 1210 g/mol. The molecule has 0 spiro atoms. The third kappa shape index (κ3) is 7.76. The van der Waals surface area contributed by atoms with Crippen LogP contribution in [0.5, 0.6) is 0 Å². The summed E-state index contributed by atoms with van der Waals surface area (Å²) >= 11 is 1.88. The van der Waals surface area contributed by atoms with Crippen molar-refractivity contribution in [2.75, 3.05) is 0 Å². The van der Waals surface area contributed by atoms with Crippen molar-refractivity contribution in [3.8, 4) is 56.1 Å². The van der Waals surface area contributed by atoms with E-state index in [1.54, 1.807) is 0 Å². The molecule has 22 aromatic rings. The van der Waals surface area contributed by atoms with Gasteiger partial charge in [-0.15, -0.1) is 11.3 Å². The number of fused-ring (bicyclic) bond motifs is 20. The van der Waals surface area contributed by atoms with Crippen molar-refractivity contribution >= 4 is 162 Å². The predicted octanol–water partition coefficient (Wildman–Crippen LogP) is 25.0. The standard InChI is InChI=1S/C91H53N5OS/c1-7-25-80-67(15-1)68-16-2-8-26-81(68)94(80)62-39-43-87-77(51-62)71-19-5-11-29-84(71)96(87)64-48-60-45-55(34-40-79(60)92-53-64)56-36-44-89-78(49-56)74-24-14-22-66(91(74)98-89)58-35-41-85-75(50-58)69-17-3-9-27-82(69)95(85)63-38-42-86-76(52-63)70-18-4-10-28-83(70)93(86)61-37-33-54-31-32-57(46-59(54)47-61)65-21-13-23-73-72-20-6-12-30-88(72)97-90(65)73/h1-53H. The summed E-state index contributed by atoms with van der Waals surface area (Å²) in [6, 6.07) is 116. The molecule has 7 heterocycles. The maximum atomic E-state index is 6.51. The van der Waals surface area contributed by atoms with Gasteiger partial charge in [0.1, 0.15) is 11.2 Å². The van der Waals surface area contributed by atoms with Crippen molar-refractivity contribution in [3.05, 3.63) is 322 Å². The second kappa shape index (κ2) is 20.4. The Hall–Kier alpha value is -12.8. The SMILES string of the molecule is c1ccc2c(c1)oc1c(-c3ccc4ccc(-n5c6ccccc6c6cc(-n7c8ccccc8c8cc(-c9cccc%10c9sc9ccc(-c%11ccc%12ncc(-n%13c%14ccccc%14c%14cc(-n%15c%16ccccc%16c%16ccccc%16%15)ccc%14%13)cc%12c%11)cc9%10)ccc87)ccc65)cc4c3)cccc12. The molecule has 0 bridgehead atoms. The van der Waals surface area contributed by atoms with Crippen LogP contribution in [0, 0.1) is 0 Å². The van der Waals surface area contributed by atoms with Crippen LogP contribution in [0.15, 0.2) is 326 Å². The third-order valence-electron chi connectivity index (χ3n) is 20.9. The van der Waals surface area contributed by atoms with Gasteiger partial charge in [0.05, 0.1) is 61.5 Å². The lowest BCUT2D eigenvalue weighted by Gasteiger charge is -2.12. The van der Waals surface area contributed by atoms with E-state index >= 15 is 0 Å². The number of pyridine rings is 1. The average molecular weight is 1260 g/mol. The van der Waals surface area contributed by atoms with Gasteiger partial charge < -0.3 is 22.7 Å². The van der Waals surface area contributed by atoms with Gasteiger partial charge in [-0.1, -0.05) is 182 Å². The molecule has 0 saturated carbocycles. The van der Waals surface area contributed by atoms with Crippen molar-refractivity contribution in [2.45, 2.75) is 0 Å². The van der Waals surface area contributed by atoms with Crippen LogP contribution < -0.4 is 0 Å². The van der Waals surface area contributed by atoms with Gasteiger partial charge in [0, 0.05) is 102 Å². The second-order valence-corrected chi connectivity index (χ2v) is 27.2. The first-order valence-electron chi connectivity index (χ1n) is 33.5. The molecular formula is C91H53N5OS. The Morgan fingerprint density at radius 2 is 0.684 bits per heavy atom.